The summed E-state index contributed by atoms with van der Waals surface area (Å²) >= 11 is 6.28. The number of fused-ring (bicyclic) bond motifs is 1. The second-order valence-electron chi connectivity index (χ2n) is 8.75. The molecule has 32 heavy (non-hydrogen) atoms. The van der Waals surface area contributed by atoms with Crippen LogP contribution >= 0.6 is 11.6 Å². The molecule has 1 unspecified atom stereocenters. The van der Waals surface area contributed by atoms with E-state index >= 15 is 0 Å². The van der Waals surface area contributed by atoms with Crippen LogP contribution in [-0.4, -0.2) is 37.9 Å². The van der Waals surface area contributed by atoms with Gasteiger partial charge in [0.1, 0.15) is 12.2 Å². The summed E-state index contributed by atoms with van der Waals surface area (Å²) in [4.78, 5) is 8.92. The average Bonchev–Trinajstić information content (AvgIpc) is 3.52. The fraction of sp³-hybridized carbons (Fsp3) is 0.542. The number of hydrogen-bond donors (Lipinski definition) is 0. The minimum atomic E-state index is -0.307. The molecule has 1 aliphatic heterocycles. The zero-order chi connectivity index (χ0) is 22.1. The third-order valence-electron chi connectivity index (χ3n) is 6.62. The van der Waals surface area contributed by atoms with Gasteiger partial charge in [-0.1, -0.05) is 44.2 Å². The van der Waals surface area contributed by atoms with E-state index in [9.17, 15) is 0 Å². The van der Waals surface area contributed by atoms with Crippen LogP contribution < -0.4 is 4.74 Å². The molecule has 0 bridgehead atoms. The molecule has 0 N–H and O–H groups in total. The SMILES string of the molecule is CC[C@H]1O[C@@H](c2cnc3c(OC4CCCC4)nc(Cl)nn23)C(OCc2ccccc2)[C@@H]1C. The molecule has 7 nitrogen and oxygen atoms in total. The number of halogens is 1. The quantitative estimate of drug-likeness (QED) is 0.488. The Balaban J connectivity index is 1.45. The summed E-state index contributed by atoms with van der Waals surface area (Å²) in [6, 6.07) is 10.2. The third-order valence-corrected chi connectivity index (χ3v) is 6.78. The Morgan fingerprint density at radius 3 is 2.72 bits per heavy atom. The van der Waals surface area contributed by atoms with Gasteiger partial charge in [-0.3, -0.25) is 0 Å². The van der Waals surface area contributed by atoms with Crippen molar-refractivity contribution >= 4 is 17.2 Å². The molecule has 3 heterocycles. The van der Waals surface area contributed by atoms with Crippen molar-refractivity contribution in [3.05, 3.63) is 53.1 Å². The van der Waals surface area contributed by atoms with Gasteiger partial charge in [0.05, 0.1) is 30.7 Å². The molecule has 8 heteroatoms. The predicted octanol–water partition coefficient (Wildman–Crippen LogP) is 5.17. The number of nitrogens with zero attached hydrogens (tertiary/aromatic N) is 4. The third kappa shape index (κ3) is 4.21. The Labute approximate surface area is 193 Å². The first kappa shape index (κ1) is 21.6. The Morgan fingerprint density at radius 1 is 1.19 bits per heavy atom. The second-order valence-corrected chi connectivity index (χ2v) is 9.09. The lowest BCUT2D eigenvalue weighted by Gasteiger charge is -2.21. The maximum atomic E-state index is 6.46. The van der Waals surface area contributed by atoms with Gasteiger partial charge < -0.3 is 14.2 Å². The number of hydrogen-bond acceptors (Lipinski definition) is 6. The highest BCUT2D eigenvalue weighted by molar-refractivity contribution is 6.28. The molecule has 0 radical (unpaired) electrons. The zero-order valence-electron chi connectivity index (χ0n) is 18.5. The van der Waals surface area contributed by atoms with Gasteiger partial charge in [-0.2, -0.15) is 4.98 Å². The summed E-state index contributed by atoms with van der Waals surface area (Å²) in [6.45, 7) is 4.84. The molecular weight excluding hydrogens is 428 g/mol. The molecule has 2 fully saturated rings. The van der Waals surface area contributed by atoms with E-state index in [1.54, 1.807) is 10.7 Å². The molecule has 1 aromatic carbocycles. The van der Waals surface area contributed by atoms with E-state index in [0.29, 0.717) is 18.1 Å². The van der Waals surface area contributed by atoms with E-state index in [-0.39, 0.29) is 35.6 Å². The van der Waals surface area contributed by atoms with Crippen LogP contribution in [0.25, 0.3) is 5.65 Å². The van der Waals surface area contributed by atoms with Crippen molar-refractivity contribution in [2.45, 2.75) is 77.0 Å². The van der Waals surface area contributed by atoms with Crippen molar-refractivity contribution in [2.75, 3.05) is 0 Å². The van der Waals surface area contributed by atoms with Gasteiger partial charge in [-0.15, -0.1) is 5.10 Å². The molecule has 0 spiro atoms. The summed E-state index contributed by atoms with van der Waals surface area (Å²) in [5, 5.41) is 4.57. The van der Waals surface area contributed by atoms with Crippen molar-refractivity contribution in [3.63, 3.8) is 0 Å². The number of aromatic nitrogens is 4. The van der Waals surface area contributed by atoms with Crippen LogP contribution in [0, 0.1) is 5.92 Å². The van der Waals surface area contributed by atoms with Crippen LogP contribution in [0.15, 0.2) is 36.5 Å². The summed E-state index contributed by atoms with van der Waals surface area (Å²) < 4.78 is 20.7. The molecular formula is C24H29ClN4O3. The monoisotopic (exact) mass is 456 g/mol. The van der Waals surface area contributed by atoms with Crippen molar-refractivity contribution in [3.8, 4) is 5.88 Å². The molecule has 2 aliphatic rings. The van der Waals surface area contributed by atoms with E-state index in [0.717, 1.165) is 30.5 Å². The summed E-state index contributed by atoms with van der Waals surface area (Å²) in [7, 11) is 0. The molecule has 1 saturated heterocycles. The molecule has 1 saturated carbocycles. The van der Waals surface area contributed by atoms with Gasteiger partial charge in [0, 0.05) is 5.92 Å². The highest BCUT2D eigenvalue weighted by atomic mass is 35.5. The standard InChI is InChI=1S/C24H29ClN4O3/c1-3-19-15(2)20(30-14-16-9-5-4-6-10-16)21(32-19)18-13-26-22-23(27-24(25)28-29(18)22)31-17-11-7-8-12-17/h4-6,9-10,13,15,17,19-21H,3,7-8,11-12,14H2,1-2H3/t15-,19-,20?,21+/m1/s1. The number of ether oxygens (including phenoxy) is 3. The maximum absolute atomic E-state index is 6.46. The molecule has 3 aromatic rings. The second kappa shape index (κ2) is 9.33. The number of rotatable bonds is 7. The summed E-state index contributed by atoms with van der Waals surface area (Å²) in [6.07, 6.45) is 6.90. The highest BCUT2D eigenvalue weighted by Crippen LogP contribution is 2.41. The zero-order valence-corrected chi connectivity index (χ0v) is 19.2. The van der Waals surface area contributed by atoms with Gasteiger partial charge in [0.2, 0.25) is 10.9 Å². The lowest BCUT2D eigenvalue weighted by atomic mass is 9.95. The van der Waals surface area contributed by atoms with Crippen LogP contribution in [0.1, 0.15) is 63.3 Å². The van der Waals surface area contributed by atoms with Gasteiger partial charge in [-0.05, 0) is 49.3 Å². The van der Waals surface area contributed by atoms with Crippen LogP contribution in [0.4, 0.5) is 0 Å². The Bertz CT molecular complexity index is 1050. The average molecular weight is 457 g/mol. The van der Waals surface area contributed by atoms with Crippen LogP contribution in [0.2, 0.25) is 5.28 Å². The molecule has 2 aromatic heterocycles. The van der Waals surface area contributed by atoms with Crippen molar-refractivity contribution < 1.29 is 14.2 Å². The summed E-state index contributed by atoms with van der Waals surface area (Å²) in [5.74, 6) is 0.661. The fourth-order valence-corrected chi connectivity index (χ4v) is 5.03. The minimum Gasteiger partial charge on any atom is -0.472 e. The predicted molar refractivity (Wildman–Crippen MR) is 121 cm³/mol. The van der Waals surface area contributed by atoms with Crippen molar-refractivity contribution in [1.29, 1.82) is 0 Å². The topological polar surface area (TPSA) is 70.8 Å². The van der Waals surface area contributed by atoms with Gasteiger partial charge in [0.25, 0.3) is 5.88 Å². The van der Waals surface area contributed by atoms with E-state index in [4.69, 9.17) is 25.8 Å². The van der Waals surface area contributed by atoms with Gasteiger partial charge in [0.15, 0.2) is 0 Å². The Hall–Kier alpha value is -2.22. The molecule has 170 valence electrons. The maximum Gasteiger partial charge on any atom is 0.262 e. The van der Waals surface area contributed by atoms with E-state index in [1.165, 1.54) is 12.8 Å². The van der Waals surface area contributed by atoms with Gasteiger partial charge in [-0.25, -0.2) is 9.50 Å². The molecule has 4 atom stereocenters. The normalized spacial score (nSPS) is 26.2. The Morgan fingerprint density at radius 2 is 1.97 bits per heavy atom. The molecule has 5 rings (SSSR count). The number of imidazole rings is 1. The smallest absolute Gasteiger partial charge is 0.262 e. The van der Waals surface area contributed by atoms with Crippen LogP contribution in [0.3, 0.4) is 0 Å². The first-order valence-corrected chi connectivity index (χ1v) is 11.9. The number of benzene rings is 1. The minimum absolute atomic E-state index is 0.0952. The van der Waals surface area contributed by atoms with E-state index in [1.807, 2.05) is 18.2 Å². The first-order chi connectivity index (χ1) is 15.6. The van der Waals surface area contributed by atoms with Crippen molar-refractivity contribution in [2.24, 2.45) is 5.92 Å². The Kier molecular flexibility index (Phi) is 6.31. The first-order valence-electron chi connectivity index (χ1n) is 11.5. The van der Waals surface area contributed by atoms with Crippen LogP contribution in [0.5, 0.6) is 5.88 Å². The lowest BCUT2D eigenvalue weighted by Crippen LogP contribution is -2.26. The largest absolute Gasteiger partial charge is 0.472 e. The molecule has 1 aliphatic carbocycles. The van der Waals surface area contributed by atoms with Crippen LogP contribution in [-0.2, 0) is 16.1 Å². The van der Waals surface area contributed by atoms with Gasteiger partial charge >= 0.3 is 0 Å². The highest BCUT2D eigenvalue weighted by Gasteiger charge is 2.44. The molecule has 0 amide bonds. The fourth-order valence-electron chi connectivity index (χ4n) is 4.87. The lowest BCUT2D eigenvalue weighted by molar-refractivity contribution is -0.0362. The van der Waals surface area contributed by atoms with Crippen molar-refractivity contribution in [1.82, 2.24) is 19.6 Å². The summed E-state index contributed by atoms with van der Waals surface area (Å²) in [5.41, 5.74) is 2.50. The van der Waals surface area contributed by atoms with E-state index in [2.05, 4.69) is 41.0 Å². The van der Waals surface area contributed by atoms with E-state index < -0.39 is 0 Å².